The van der Waals surface area contributed by atoms with Gasteiger partial charge in [0.2, 0.25) is 0 Å². The Bertz CT molecular complexity index is 468. The van der Waals surface area contributed by atoms with Crippen molar-refractivity contribution in [2.75, 3.05) is 18.8 Å². The normalized spacial score (nSPS) is 20.8. The lowest BCUT2D eigenvalue weighted by Crippen LogP contribution is -2.32. The number of hydrogen-bond acceptors (Lipinski definition) is 3. The van der Waals surface area contributed by atoms with Crippen molar-refractivity contribution in [2.45, 2.75) is 47.0 Å². The van der Waals surface area contributed by atoms with E-state index in [-0.39, 0.29) is 5.91 Å². The van der Waals surface area contributed by atoms with Crippen LogP contribution in [-0.4, -0.2) is 23.9 Å². The summed E-state index contributed by atoms with van der Waals surface area (Å²) in [6.45, 7) is 10.6. The molecule has 0 saturated carbocycles. The van der Waals surface area contributed by atoms with E-state index in [0.717, 1.165) is 41.4 Å². The van der Waals surface area contributed by atoms with E-state index < -0.39 is 0 Å². The van der Waals surface area contributed by atoms with Crippen molar-refractivity contribution in [1.29, 1.82) is 0 Å². The fourth-order valence-electron chi connectivity index (χ4n) is 2.92. The molecule has 2 rings (SSSR count). The summed E-state index contributed by atoms with van der Waals surface area (Å²) in [6, 6.07) is 1.83. The van der Waals surface area contributed by atoms with Crippen LogP contribution in [0.4, 0.5) is 5.69 Å². The first kappa shape index (κ1) is 15.4. The Balaban J connectivity index is 2.05. The van der Waals surface area contributed by atoms with E-state index in [1.807, 2.05) is 17.9 Å². The summed E-state index contributed by atoms with van der Waals surface area (Å²) in [5.41, 5.74) is 6.93. The van der Waals surface area contributed by atoms with Crippen molar-refractivity contribution in [2.24, 2.45) is 11.3 Å². The van der Waals surface area contributed by atoms with Gasteiger partial charge in [0.25, 0.3) is 5.91 Å². The highest BCUT2D eigenvalue weighted by molar-refractivity contribution is 7.14. The predicted molar refractivity (Wildman–Crippen MR) is 86.2 cm³/mol. The molecular formula is C16H26N2OS. The molecule has 4 heteroatoms. The number of nitrogen functional groups attached to an aromatic ring is 1. The van der Waals surface area contributed by atoms with Crippen LogP contribution in [0, 0.1) is 18.3 Å². The molecule has 1 aromatic heterocycles. The van der Waals surface area contributed by atoms with Gasteiger partial charge in [-0.2, -0.15) is 0 Å². The minimum atomic E-state index is 0.157. The van der Waals surface area contributed by atoms with Crippen LogP contribution in [0.3, 0.4) is 0 Å². The third-order valence-electron chi connectivity index (χ3n) is 4.41. The Labute approximate surface area is 126 Å². The van der Waals surface area contributed by atoms with Crippen molar-refractivity contribution in [3.63, 3.8) is 0 Å². The Morgan fingerprint density at radius 3 is 2.60 bits per heavy atom. The van der Waals surface area contributed by atoms with Gasteiger partial charge in [-0.1, -0.05) is 20.8 Å². The van der Waals surface area contributed by atoms with Gasteiger partial charge in [-0.15, -0.1) is 11.3 Å². The zero-order valence-electron chi connectivity index (χ0n) is 13.0. The monoisotopic (exact) mass is 294 g/mol. The number of thiophene rings is 1. The standard InChI is InChI=1S/C16H26N2OS/c1-11-13(17)10-14(20-11)15(19)18-8-5-6-12(7-9-18)16(2,3)4/h10,12H,5-9,17H2,1-4H3. The molecule has 0 radical (unpaired) electrons. The Morgan fingerprint density at radius 2 is 2.05 bits per heavy atom. The minimum absolute atomic E-state index is 0.157. The summed E-state index contributed by atoms with van der Waals surface area (Å²) in [5.74, 6) is 0.861. The number of nitrogens with two attached hydrogens (primary N) is 1. The number of rotatable bonds is 1. The number of carbonyl (C=O) groups excluding carboxylic acids is 1. The number of aryl methyl sites for hydroxylation is 1. The molecule has 112 valence electrons. The maximum Gasteiger partial charge on any atom is 0.264 e. The highest BCUT2D eigenvalue weighted by Gasteiger charge is 2.29. The van der Waals surface area contributed by atoms with Gasteiger partial charge in [-0.25, -0.2) is 0 Å². The van der Waals surface area contributed by atoms with E-state index >= 15 is 0 Å². The van der Waals surface area contributed by atoms with E-state index in [9.17, 15) is 4.79 Å². The molecule has 0 bridgehead atoms. The molecule has 1 saturated heterocycles. The topological polar surface area (TPSA) is 46.3 Å². The molecule has 1 fully saturated rings. The average Bonchev–Trinajstić information content (AvgIpc) is 2.58. The van der Waals surface area contributed by atoms with Crippen molar-refractivity contribution in [3.05, 3.63) is 15.8 Å². The second-order valence-electron chi connectivity index (χ2n) is 6.91. The lowest BCUT2D eigenvalue weighted by atomic mass is 9.77. The van der Waals surface area contributed by atoms with Crippen LogP contribution in [0.1, 0.15) is 54.6 Å². The van der Waals surface area contributed by atoms with Crippen LogP contribution in [0.5, 0.6) is 0 Å². The molecule has 1 amide bonds. The van der Waals surface area contributed by atoms with E-state index in [2.05, 4.69) is 20.8 Å². The summed E-state index contributed by atoms with van der Waals surface area (Å²) in [4.78, 5) is 16.4. The van der Waals surface area contributed by atoms with Gasteiger partial charge in [-0.3, -0.25) is 4.79 Å². The lowest BCUT2D eigenvalue weighted by molar-refractivity contribution is 0.0760. The second-order valence-corrected chi connectivity index (χ2v) is 8.16. The zero-order chi connectivity index (χ0) is 14.9. The fraction of sp³-hybridized carbons (Fsp3) is 0.688. The maximum atomic E-state index is 12.6. The highest BCUT2D eigenvalue weighted by Crippen LogP contribution is 2.35. The lowest BCUT2D eigenvalue weighted by Gasteiger charge is -2.29. The SMILES string of the molecule is Cc1sc(C(=O)N2CCCC(C(C)(C)C)CC2)cc1N. The molecular weight excluding hydrogens is 268 g/mol. The molecule has 2 N–H and O–H groups in total. The molecule has 1 aromatic rings. The van der Waals surface area contributed by atoms with Gasteiger partial charge in [0.15, 0.2) is 0 Å². The first-order valence-corrected chi connectivity index (χ1v) is 8.26. The minimum Gasteiger partial charge on any atom is -0.398 e. The largest absolute Gasteiger partial charge is 0.398 e. The van der Waals surface area contributed by atoms with Crippen molar-refractivity contribution in [3.8, 4) is 0 Å². The van der Waals surface area contributed by atoms with Gasteiger partial charge >= 0.3 is 0 Å². The van der Waals surface area contributed by atoms with E-state index in [4.69, 9.17) is 5.73 Å². The van der Waals surface area contributed by atoms with Crippen LogP contribution in [0.15, 0.2) is 6.07 Å². The Kier molecular flexibility index (Phi) is 4.43. The number of hydrogen-bond donors (Lipinski definition) is 1. The zero-order valence-corrected chi connectivity index (χ0v) is 13.8. The quantitative estimate of drug-likeness (QED) is 0.853. The van der Waals surface area contributed by atoms with E-state index in [1.54, 1.807) is 0 Å². The summed E-state index contributed by atoms with van der Waals surface area (Å²) < 4.78 is 0. The molecule has 0 spiro atoms. The number of nitrogens with zero attached hydrogens (tertiary/aromatic N) is 1. The second kappa shape index (κ2) is 5.76. The molecule has 0 aliphatic carbocycles. The first-order chi connectivity index (χ1) is 9.29. The van der Waals surface area contributed by atoms with Crippen LogP contribution in [-0.2, 0) is 0 Å². The van der Waals surface area contributed by atoms with E-state index in [1.165, 1.54) is 17.8 Å². The summed E-state index contributed by atoms with van der Waals surface area (Å²) in [7, 11) is 0. The Morgan fingerprint density at radius 1 is 1.35 bits per heavy atom. The molecule has 0 aromatic carbocycles. The van der Waals surface area contributed by atoms with E-state index in [0.29, 0.717) is 11.3 Å². The summed E-state index contributed by atoms with van der Waals surface area (Å²) in [6.07, 6.45) is 3.43. The maximum absolute atomic E-state index is 12.6. The smallest absolute Gasteiger partial charge is 0.264 e. The van der Waals surface area contributed by atoms with Crippen molar-refractivity contribution < 1.29 is 4.79 Å². The summed E-state index contributed by atoms with van der Waals surface area (Å²) in [5, 5.41) is 0. The van der Waals surface area contributed by atoms with Crippen LogP contribution in [0.2, 0.25) is 0 Å². The van der Waals surface area contributed by atoms with Crippen LogP contribution < -0.4 is 5.73 Å². The predicted octanol–water partition coefficient (Wildman–Crippen LogP) is 3.93. The van der Waals surface area contributed by atoms with Crippen molar-refractivity contribution >= 4 is 22.9 Å². The molecule has 1 atom stereocenters. The Hall–Kier alpha value is -1.03. The number of carbonyl (C=O) groups is 1. The van der Waals surface area contributed by atoms with Crippen LogP contribution in [0.25, 0.3) is 0 Å². The van der Waals surface area contributed by atoms with Gasteiger partial charge in [0.05, 0.1) is 4.88 Å². The molecule has 1 aliphatic rings. The number of amides is 1. The average molecular weight is 294 g/mol. The highest BCUT2D eigenvalue weighted by atomic mass is 32.1. The van der Waals surface area contributed by atoms with Gasteiger partial charge in [0, 0.05) is 23.7 Å². The third-order valence-corrected chi connectivity index (χ3v) is 5.46. The fourth-order valence-corrected chi connectivity index (χ4v) is 3.83. The van der Waals surface area contributed by atoms with Crippen molar-refractivity contribution in [1.82, 2.24) is 4.90 Å². The van der Waals surface area contributed by atoms with Gasteiger partial charge in [-0.05, 0) is 43.6 Å². The van der Waals surface area contributed by atoms with Gasteiger partial charge in [0.1, 0.15) is 0 Å². The molecule has 1 aliphatic heterocycles. The van der Waals surface area contributed by atoms with Crippen LogP contribution >= 0.6 is 11.3 Å². The summed E-state index contributed by atoms with van der Waals surface area (Å²) >= 11 is 1.51. The molecule has 3 nitrogen and oxygen atoms in total. The molecule has 1 unspecified atom stereocenters. The number of anilines is 1. The molecule has 2 heterocycles. The third kappa shape index (κ3) is 3.35. The molecule has 20 heavy (non-hydrogen) atoms. The number of likely N-dealkylation sites (tertiary alicyclic amines) is 1. The first-order valence-electron chi connectivity index (χ1n) is 7.44. The van der Waals surface area contributed by atoms with Gasteiger partial charge < -0.3 is 10.6 Å².